The topological polar surface area (TPSA) is 85.8 Å². The third-order valence-electron chi connectivity index (χ3n) is 3.00. The molecule has 0 spiro atoms. The molecule has 0 bridgehead atoms. The van der Waals surface area contributed by atoms with Crippen molar-refractivity contribution in [1.82, 2.24) is 14.8 Å². The maximum atomic E-state index is 11.9. The molecule has 2 aromatic heterocycles. The van der Waals surface area contributed by atoms with Crippen LogP contribution in [0.3, 0.4) is 0 Å². The van der Waals surface area contributed by atoms with Gasteiger partial charge in [-0.2, -0.15) is 5.10 Å². The van der Waals surface area contributed by atoms with Crippen LogP contribution in [0.4, 0.5) is 5.69 Å². The summed E-state index contributed by atoms with van der Waals surface area (Å²) in [6.07, 6.45) is 6.55. The van der Waals surface area contributed by atoms with Gasteiger partial charge in [-0.15, -0.1) is 0 Å². The van der Waals surface area contributed by atoms with E-state index in [1.54, 1.807) is 41.5 Å². The third-order valence-corrected chi connectivity index (χ3v) is 3.00. The second kappa shape index (κ2) is 3.92. The van der Waals surface area contributed by atoms with Crippen LogP contribution in [-0.2, 0) is 4.79 Å². The van der Waals surface area contributed by atoms with Gasteiger partial charge in [-0.3, -0.25) is 4.79 Å². The fraction of sp³-hybridized carbons (Fsp3) is 0.250. The van der Waals surface area contributed by atoms with Crippen LogP contribution in [0, 0.1) is 0 Å². The minimum Gasteiger partial charge on any atom is -0.321 e. The zero-order valence-electron chi connectivity index (χ0n) is 9.71. The zero-order valence-corrected chi connectivity index (χ0v) is 9.71. The Hall–Kier alpha value is -2.21. The summed E-state index contributed by atoms with van der Waals surface area (Å²) in [6, 6.07) is 5.35. The summed E-state index contributed by atoms with van der Waals surface area (Å²) in [4.78, 5) is 16.1. The van der Waals surface area contributed by atoms with E-state index in [1.807, 2.05) is 0 Å². The lowest BCUT2D eigenvalue weighted by Crippen LogP contribution is -2.38. The highest BCUT2D eigenvalue weighted by molar-refractivity contribution is 6.01. The molecule has 0 atom stereocenters. The van der Waals surface area contributed by atoms with E-state index in [9.17, 15) is 4.79 Å². The van der Waals surface area contributed by atoms with Crippen LogP contribution in [0.5, 0.6) is 0 Å². The van der Waals surface area contributed by atoms with Crippen LogP contribution in [0.2, 0.25) is 0 Å². The molecule has 3 N–H and O–H groups in total. The van der Waals surface area contributed by atoms with Crippen LogP contribution in [-0.4, -0.2) is 26.2 Å². The number of hydrogen-bond acceptors (Lipinski definition) is 4. The Morgan fingerprint density at radius 1 is 1.39 bits per heavy atom. The van der Waals surface area contributed by atoms with Crippen molar-refractivity contribution >= 4 is 11.6 Å². The van der Waals surface area contributed by atoms with Crippen molar-refractivity contribution < 1.29 is 4.79 Å². The summed E-state index contributed by atoms with van der Waals surface area (Å²) in [7, 11) is 0. The number of nitrogens with zero attached hydrogens (tertiary/aromatic N) is 3. The average molecular weight is 243 g/mol. The number of anilines is 1. The maximum absolute atomic E-state index is 11.9. The molecule has 18 heavy (non-hydrogen) atoms. The zero-order chi connectivity index (χ0) is 12.6. The third kappa shape index (κ3) is 1.86. The Bertz CT molecular complexity index is 574. The molecule has 1 aliphatic rings. The quantitative estimate of drug-likeness (QED) is 0.830. The molecule has 1 saturated carbocycles. The van der Waals surface area contributed by atoms with Crippen LogP contribution in [0.1, 0.15) is 12.8 Å². The van der Waals surface area contributed by atoms with Gasteiger partial charge in [0.2, 0.25) is 5.91 Å². The fourth-order valence-electron chi connectivity index (χ4n) is 1.68. The van der Waals surface area contributed by atoms with Gasteiger partial charge in [0.15, 0.2) is 5.82 Å². The van der Waals surface area contributed by atoms with Gasteiger partial charge in [-0.1, -0.05) is 0 Å². The molecule has 0 radical (unpaired) electrons. The maximum Gasteiger partial charge on any atom is 0.244 e. The van der Waals surface area contributed by atoms with Gasteiger partial charge >= 0.3 is 0 Å². The van der Waals surface area contributed by atoms with E-state index in [0.717, 1.165) is 12.8 Å². The Morgan fingerprint density at radius 2 is 2.22 bits per heavy atom. The number of nitrogens with two attached hydrogens (primary N) is 1. The number of rotatable bonds is 3. The minimum absolute atomic E-state index is 0.163. The Labute approximate surface area is 104 Å². The van der Waals surface area contributed by atoms with Crippen molar-refractivity contribution in [3.8, 4) is 5.82 Å². The standard InChI is InChI=1S/C12H13N5O/c13-12(4-5-12)11(18)16-9-3-1-6-14-10(9)17-8-2-7-15-17/h1-3,6-8H,4-5,13H2,(H,16,18). The molecule has 1 fully saturated rings. The van der Waals surface area contributed by atoms with Crippen LogP contribution >= 0.6 is 0 Å². The first-order valence-electron chi connectivity index (χ1n) is 5.74. The number of nitrogens with one attached hydrogen (secondary N) is 1. The summed E-state index contributed by atoms with van der Waals surface area (Å²) >= 11 is 0. The van der Waals surface area contributed by atoms with Crippen molar-refractivity contribution in [2.45, 2.75) is 18.4 Å². The lowest BCUT2D eigenvalue weighted by Gasteiger charge is -2.12. The van der Waals surface area contributed by atoms with Crippen molar-refractivity contribution in [3.63, 3.8) is 0 Å². The molecule has 2 aromatic rings. The van der Waals surface area contributed by atoms with E-state index >= 15 is 0 Å². The normalized spacial score (nSPS) is 16.3. The molecule has 3 rings (SSSR count). The number of amides is 1. The molecule has 0 saturated heterocycles. The SMILES string of the molecule is NC1(C(=O)Nc2cccnc2-n2cccn2)CC1. The molecule has 0 aromatic carbocycles. The molecule has 1 aliphatic carbocycles. The summed E-state index contributed by atoms with van der Waals surface area (Å²) in [5.74, 6) is 0.420. The summed E-state index contributed by atoms with van der Waals surface area (Å²) in [5, 5.41) is 6.92. The van der Waals surface area contributed by atoms with E-state index in [4.69, 9.17) is 5.73 Å². The van der Waals surface area contributed by atoms with E-state index in [-0.39, 0.29) is 5.91 Å². The van der Waals surface area contributed by atoms with Crippen LogP contribution < -0.4 is 11.1 Å². The first-order valence-corrected chi connectivity index (χ1v) is 5.74. The van der Waals surface area contributed by atoms with Crippen LogP contribution in [0.15, 0.2) is 36.8 Å². The molecular formula is C12H13N5O. The number of carbonyl (C=O) groups excluding carboxylic acids is 1. The van der Waals surface area contributed by atoms with E-state index in [2.05, 4.69) is 15.4 Å². The molecule has 0 unspecified atom stereocenters. The van der Waals surface area contributed by atoms with Crippen LogP contribution in [0.25, 0.3) is 5.82 Å². The van der Waals surface area contributed by atoms with E-state index in [0.29, 0.717) is 11.5 Å². The summed E-state index contributed by atoms with van der Waals surface area (Å²) in [5.41, 5.74) is 5.77. The highest BCUT2D eigenvalue weighted by Crippen LogP contribution is 2.33. The number of carbonyl (C=O) groups is 1. The van der Waals surface area contributed by atoms with Gasteiger partial charge in [-0.05, 0) is 31.0 Å². The van der Waals surface area contributed by atoms with Gasteiger partial charge in [0.05, 0.1) is 11.2 Å². The number of aromatic nitrogens is 3. The van der Waals surface area contributed by atoms with Crippen molar-refractivity contribution in [3.05, 3.63) is 36.8 Å². The van der Waals surface area contributed by atoms with E-state index in [1.165, 1.54) is 0 Å². The van der Waals surface area contributed by atoms with Gasteiger partial charge in [0, 0.05) is 18.6 Å². The molecule has 6 heteroatoms. The smallest absolute Gasteiger partial charge is 0.244 e. The Kier molecular flexibility index (Phi) is 2.38. The molecule has 6 nitrogen and oxygen atoms in total. The van der Waals surface area contributed by atoms with Gasteiger partial charge in [0.25, 0.3) is 0 Å². The minimum atomic E-state index is -0.697. The number of pyridine rings is 1. The Morgan fingerprint density at radius 3 is 2.89 bits per heavy atom. The Balaban J connectivity index is 1.90. The van der Waals surface area contributed by atoms with Gasteiger partial charge < -0.3 is 11.1 Å². The largest absolute Gasteiger partial charge is 0.321 e. The predicted molar refractivity (Wildman–Crippen MR) is 66.1 cm³/mol. The average Bonchev–Trinajstić information content (AvgIpc) is 2.93. The van der Waals surface area contributed by atoms with Crippen molar-refractivity contribution in [2.75, 3.05) is 5.32 Å². The second-order valence-corrected chi connectivity index (χ2v) is 4.44. The monoisotopic (exact) mass is 243 g/mol. The molecule has 0 aliphatic heterocycles. The first-order chi connectivity index (χ1) is 8.69. The van der Waals surface area contributed by atoms with E-state index < -0.39 is 5.54 Å². The van der Waals surface area contributed by atoms with Gasteiger partial charge in [0.1, 0.15) is 0 Å². The molecule has 1 amide bonds. The molecular weight excluding hydrogens is 230 g/mol. The fourth-order valence-corrected chi connectivity index (χ4v) is 1.68. The first kappa shape index (κ1) is 10.9. The predicted octanol–water partition coefficient (Wildman–Crippen LogP) is 0.697. The lowest BCUT2D eigenvalue weighted by atomic mass is 10.2. The molecule has 2 heterocycles. The highest BCUT2D eigenvalue weighted by Gasteiger charge is 2.46. The molecule has 92 valence electrons. The van der Waals surface area contributed by atoms with Crippen molar-refractivity contribution in [2.24, 2.45) is 5.73 Å². The summed E-state index contributed by atoms with van der Waals surface area (Å²) in [6.45, 7) is 0. The lowest BCUT2D eigenvalue weighted by molar-refractivity contribution is -0.118. The summed E-state index contributed by atoms with van der Waals surface area (Å²) < 4.78 is 1.60. The highest BCUT2D eigenvalue weighted by atomic mass is 16.2. The number of hydrogen-bond donors (Lipinski definition) is 2. The van der Waals surface area contributed by atoms with Gasteiger partial charge in [-0.25, -0.2) is 9.67 Å². The second-order valence-electron chi connectivity index (χ2n) is 4.44. The van der Waals surface area contributed by atoms with Crippen molar-refractivity contribution in [1.29, 1.82) is 0 Å².